The fourth-order valence-corrected chi connectivity index (χ4v) is 4.07. The van der Waals surface area contributed by atoms with Crippen molar-refractivity contribution in [2.45, 2.75) is 6.92 Å². The van der Waals surface area contributed by atoms with Gasteiger partial charge in [-0.05, 0) is 34.4 Å². The fraction of sp³-hybridized carbons (Fsp3) is 0.0476. The molecule has 0 fully saturated rings. The van der Waals surface area contributed by atoms with E-state index in [0.29, 0.717) is 3.57 Å². The second-order valence-corrected chi connectivity index (χ2v) is 7.22. The Balaban J connectivity index is 2.27. The predicted octanol–water partition coefficient (Wildman–Crippen LogP) is 4.78. The average molecular weight is 457 g/mol. The number of carbonyl (C=O) groups is 2. The van der Waals surface area contributed by atoms with E-state index in [-0.39, 0.29) is 5.56 Å². The highest BCUT2D eigenvalue weighted by Gasteiger charge is 2.19. The maximum atomic E-state index is 12.5. The van der Waals surface area contributed by atoms with Gasteiger partial charge in [-0.25, -0.2) is 0 Å². The zero-order valence-corrected chi connectivity index (χ0v) is 16.2. The van der Waals surface area contributed by atoms with Gasteiger partial charge in [-0.3, -0.25) is 18.0 Å². The monoisotopic (exact) mass is 457 g/mol. The number of benzene rings is 3. The van der Waals surface area contributed by atoms with Crippen molar-refractivity contribution in [1.82, 2.24) is 5.32 Å². The van der Waals surface area contributed by atoms with Crippen molar-refractivity contribution in [3.05, 3.63) is 81.9 Å². The normalized spacial score (nSPS) is 10.3. The summed E-state index contributed by atoms with van der Waals surface area (Å²) in [5, 5.41) is 2.29. The number of amides is 2. The van der Waals surface area contributed by atoms with Crippen LogP contribution < -0.4 is 5.32 Å². The highest BCUT2D eigenvalue weighted by Crippen LogP contribution is 2.35. The van der Waals surface area contributed by atoms with E-state index in [9.17, 15) is 12.7 Å². The van der Waals surface area contributed by atoms with E-state index < -0.39 is 33.0 Å². The van der Waals surface area contributed by atoms with Crippen LogP contribution in [0.3, 0.4) is 0 Å². The summed E-state index contributed by atoms with van der Waals surface area (Å²) in [4.78, 5) is 23.9. The lowest BCUT2D eigenvalue weighted by atomic mass is 9.96. The first-order valence-corrected chi connectivity index (χ1v) is 9.94. The van der Waals surface area contributed by atoms with E-state index in [0.717, 1.165) is 22.3 Å². The molecule has 4 nitrogen and oxygen atoms in total. The Hall–Kier alpha value is -2.67. The molecule has 3 aromatic carbocycles. The lowest BCUT2D eigenvalue weighted by Gasteiger charge is -2.13. The van der Waals surface area contributed by atoms with Gasteiger partial charge in [0.2, 0.25) is 5.91 Å². The number of hydrogen-bond acceptors (Lipinski definition) is 3. The zero-order valence-electron chi connectivity index (χ0n) is 14.0. The molecular formula is C21H16INO3. The summed E-state index contributed by atoms with van der Waals surface area (Å²) >= 11 is -1.62. The van der Waals surface area contributed by atoms with Crippen LogP contribution in [-0.4, -0.2) is 11.8 Å². The van der Waals surface area contributed by atoms with Crippen LogP contribution in [0.25, 0.3) is 22.3 Å². The first kappa shape index (κ1) is 18.1. The van der Waals surface area contributed by atoms with Crippen molar-refractivity contribution in [3.8, 4) is 22.3 Å². The van der Waals surface area contributed by atoms with Crippen LogP contribution >= 0.6 is 21.2 Å². The Bertz CT molecular complexity index is 969. The topological polar surface area (TPSA) is 63.2 Å². The maximum absolute atomic E-state index is 12.5. The second kappa shape index (κ2) is 8.14. The van der Waals surface area contributed by atoms with Gasteiger partial charge in [0.1, 0.15) is 0 Å². The van der Waals surface area contributed by atoms with Gasteiger partial charge in [0.05, 0.1) is 9.13 Å². The van der Waals surface area contributed by atoms with Crippen LogP contribution in [0, 0.1) is 3.57 Å². The number of halogens is 1. The molecule has 26 heavy (non-hydrogen) atoms. The van der Waals surface area contributed by atoms with Crippen LogP contribution in [0.1, 0.15) is 17.3 Å². The highest BCUT2D eigenvalue weighted by molar-refractivity contribution is 14.1. The number of carbonyl (C=O) groups excluding carboxylic acids is 2. The molecule has 0 bridgehead atoms. The van der Waals surface area contributed by atoms with Gasteiger partial charge in [-0.2, -0.15) is 0 Å². The standard InChI is InChI=1S/C21H16INO3/c1-14(24)23-21(25)19-13-17(15-8-4-2-5-9-15)12-18(20(19)22-26)16-10-6-3-7-11-16/h2-13H,1H3,(H,23,24,25). The van der Waals surface area contributed by atoms with Crippen molar-refractivity contribution in [2.75, 3.05) is 0 Å². The van der Waals surface area contributed by atoms with Crippen LogP contribution in [0.15, 0.2) is 72.8 Å². The molecule has 0 spiro atoms. The molecular weight excluding hydrogens is 441 g/mol. The molecule has 0 aliphatic carbocycles. The molecule has 0 radical (unpaired) electrons. The molecule has 3 rings (SSSR count). The first-order valence-electron chi connectivity index (χ1n) is 7.98. The summed E-state index contributed by atoms with van der Waals surface area (Å²) in [5.41, 5.74) is 3.69. The van der Waals surface area contributed by atoms with Gasteiger partial charge >= 0.3 is 0 Å². The minimum atomic E-state index is -1.62. The summed E-state index contributed by atoms with van der Waals surface area (Å²) in [6.07, 6.45) is 0. The average Bonchev–Trinajstić information content (AvgIpc) is 2.67. The van der Waals surface area contributed by atoms with Gasteiger partial charge in [-0.15, -0.1) is 0 Å². The first-order chi connectivity index (χ1) is 12.6. The summed E-state index contributed by atoms with van der Waals surface area (Å²) < 4.78 is 12.5. The minimum Gasteiger partial charge on any atom is -0.293 e. The number of hydrogen-bond donors (Lipinski definition) is 1. The lowest BCUT2D eigenvalue weighted by molar-refractivity contribution is -0.118. The number of imide groups is 1. The summed E-state index contributed by atoms with van der Waals surface area (Å²) in [6.45, 7) is 1.28. The molecule has 0 aliphatic rings. The van der Waals surface area contributed by atoms with Crippen LogP contribution in [0.2, 0.25) is 0 Å². The van der Waals surface area contributed by atoms with E-state index in [1.807, 2.05) is 66.7 Å². The van der Waals surface area contributed by atoms with Crippen LogP contribution in [-0.2, 0) is 7.86 Å². The highest BCUT2D eigenvalue weighted by atomic mass is 127. The van der Waals surface area contributed by atoms with E-state index in [2.05, 4.69) is 5.32 Å². The number of nitrogens with one attached hydrogen (secondary N) is 1. The van der Waals surface area contributed by atoms with Crippen LogP contribution in [0.5, 0.6) is 0 Å². The van der Waals surface area contributed by atoms with Gasteiger partial charge in [-0.1, -0.05) is 60.7 Å². The third-order valence-electron chi connectivity index (χ3n) is 3.88. The third kappa shape index (κ3) is 3.94. The summed E-state index contributed by atoms with van der Waals surface area (Å²) in [5.74, 6) is -0.977. The second-order valence-electron chi connectivity index (χ2n) is 5.70. The van der Waals surface area contributed by atoms with E-state index in [1.54, 1.807) is 6.07 Å². The van der Waals surface area contributed by atoms with Crippen molar-refractivity contribution >= 4 is 33.0 Å². The molecule has 0 saturated heterocycles. The molecule has 0 unspecified atom stereocenters. The molecule has 5 heteroatoms. The Morgan fingerprint density at radius 1 is 0.808 bits per heavy atom. The zero-order chi connectivity index (χ0) is 18.5. The third-order valence-corrected chi connectivity index (χ3v) is 5.48. The predicted molar refractivity (Wildman–Crippen MR) is 109 cm³/mol. The quantitative estimate of drug-likeness (QED) is 0.574. The van der Waals surface area contributed by atoms with Crippen molar-refractivity contribution in [1.29, 1.82) is 0 Å². The van der Waals surface area contributed by atoms with Gasteiger partial charge in [0, 0.05) is 6.92 Å². The Kier molecular flexibility index (Phi) is 5.68. The molecule has 0 aliphatic heterocycles. The molecule has 130 valence electrons. The molecule has 1 N–H and O–H groups in total. The lowest BCUT2D eigenvalue weighted by Crippen LogP contribution is -2.28. The molecule has 0 heterocycles. The van der Waals surface area contributed by atoms with Gasteiger partial charge in [0.25, 0.3) is 5.91 Å². The van der Waals surface area contributed by atoms with Crippen molar-refractivity contribution in [2.24, 2.45) is 0 Å². The fourth-order valence-electron chi connectivity index (χ4n) is 2.73. The SMILES string of the molecule is CC(=O)NC(=O)c1cc(-c2ccccc2)cc(-c2ccccc2)c1I=O. The summed E-state index contributed by atoms with van der Waals surface area (Å²) in [6, 6.07) is 22.8. The molecule has 2 amide bonds. The smallest absolute Gasteiger partial charge is 0.259 e. The van der Waals surface area contributed by atoms with Gasteiger partial charge < -0.3 is 0 Å². The largest absolute Gasteiger partial charge is 0.293 e. The molecule has 3 aromatic rings. The van der Waals surface area contributed by atoms with Crippen molar-refractivity contribution < 1.29 is 12.7 Å². The summed E-state index contributed by atoms with van der Waals surface area (Å²) in [7, 11) is 0. The van der Waals surface area contributed by atoms with Gasteiger partial charge in [0.15, 0.2) is 21.2 Å². The maximum Gasteiger partial charge on any atom is 0.259 e. The van der Waals surface area contributed by atoms with E-state index in [4.69, 9.17) is 0 Å². The molecule has 0 saturated carbocycles. The van der Waals surface area contributed by atoms with Crippen molar-refractivity contribution in [3.63, 3.8) is 0 Å². The molecule has 0 atom stereocenters. The Morgan fingerprint density at radius 2 is 1.38 bits per heavy atom. The van der Waals surface area contributed by atoms with Crippen LogP contribution in [0.4, 0.5) is 0 Å². The minimum absolute atomic E-state index is 0.281. The van der Waals surface area contributed by atoms with E-state index in [1.165, 1.54) is 6.92 Å². The Labute approximate surface area is 161 Å². The number of rotatable bonds is 4. The van der Waals surface area contributed by atoms with E-state index >= 15 is 0 Å². The Morgan fingerprint density at radius 3 is 1.92 bits per heavy atom. The molecule has 0 aromatic heterocycles.